The molecule has 0 fully saturated rings. The van der Waals surface area contributed by atoms with Crippen LogP contribution in [0.1, 0.15) is 22.3 Å². The number of halogens is 1. The molecule has 8 heteroatoms. The van der Waals surface area contributed by atoms with E-state index in [1.807, 2.05) is 0 Å². The molecular formula is C11H11FN2O5. The Labute approximate surface area is 107 Å². The van der Waals surface area contributed by atoms with Crippen LogP contribution in [0.4, 0.5) is 10.1 Å². The molecule has 0 saturated heterocycles. The van der Waals surface area contributed by atoms with Gasteiger partial charge in [-0.05, 0) is 12.5 Å². The molecule has 0 aromatic heterocycles. The lowest BCUT2D eigenvalue weighted by molar-refractivity contribution is -0.385. The number of nitrogens with one attached hydrogen (secondary N) is 1. The Hall–Kier alpha value is -2.51. The zero-order valence-corrected chi connectivity index (χ0v) is 9.97. The van der Waals surface area contributed by atoms with Crippen molar-refractivity contribution in [1.29, 1.82) is 0 Å². The topological polar surface area (TPSA) is 110 Å². The van der Waals surface area contributed by atoms with Gasteiger partial charge in [0.2, 0.25) is 0 Å². The number of carboxylic acids is 1. The molecule has 0 atom stereocenters. The lowest BCUT2D eigenvalue weighted by Gasteiger charge is -2.06. The summed E-state index contributed by atoms with van der Waals surface area (Å²) < 4.78 is 13.7. The molecule has 0 heterocycles. The Morgan fingerprint density at radius 3 is 2.63 bits per heavy atom. The van der Waals surface area contributed by atoms with Gasteiger partial charge in [-0.1, -0.05) is 0 Å². The van der Waals surface area contributed by atoms with Crippen LogP contribution in [0, 0.1) is 22.9 Å². The first-order valence-electron chi connectivity index (χ1n) is 5.27. The van der Waals surface area contributed by atoms with Gasteiger partial charge in [0.1, 0.15) is 5.82 Å². The third-order valence-corrected chi connectivity index (χ3v) is 2.32. The maximum absolute atomic E-state index is 13.7. The summed E-state index contributed by atoms with van der Waals surface area (Å²) in [6, 6.07) is 1.84. The SMILES string of the molecule is Cc1cc([N+](=O)[O-])cc(C(=O)NCCC(=O)O)c1F. The number of nitro benzene ring substituents is 1. The third-order valence-electron chi connectivity index (χ3n) is 2.32. The van der Waals surface area contributed by atoms with Gasteiger partial charge >= 0.3 is 5.97 Å². The first-order chi connectivity index (χ1) is 8.82. The minimum atomic E-state index is -1.11. The molecule has 7 nitrogen and oxygen atoms in total. The van der Waals surface area contributed by atoms with E-state index >= 15 is 0 Å². The summed E-state index contributed by atoms with van der Waals surface area (Å²) in [5.74, 6) is -2.86. The zero-order valence-electron chi connectivity index (χ0n) is 9.97. The van der Waals surface area contributed by atoms with Gasteiger partial charge in [0.25, 0.3) is 11.6 Å². The Bertz CT molecular complexity index is 544. The van der Waals surface area contributed by atoms with Crippen molar-refractivity contribution in [2.24, 2.45) is 0 Å². The van der Waals surface area contributed by atoms with Gasteiger partial charge in [-0.2, -0.15) is 0 Å². The summed E-state index contributed by atoms with van der Waals surface area (Å²) in [6.45, 7) is 1.12. The largest absolute Gasteiger partial charge is 0.481 e. The summed E-state index contributed by atoms with van der Waals surface area (Å²) in [7, 11) is 0. The van der Waals surface area contributed by atoms with Crippen LogP contribution in [0.25, 0.3) is 0 Å². The molecule has 0 saturated carbocycles. The number of nitro groups is 1. The molecule has 0 bridgehead atoms. The summed E-state index contributed by atoms with van der Waals surface area (Å²) >= 11 is 0. The highest BCUT2D eigenvalue weighted by Gasteiger charge is 2.19. The van der Waals surface area contributed by atoms with Crippen LogP contribution in [0.3, 0.4) is 0 Å². The van der Waals surface area contributed by atoms with E-state index < -0.39 is 33.9 Å². The molecule has 0 unspecified atom stereocenters. The summed E-state index contributed by atoms with van der Waals surface area (Å²) in [4.78, 5) is 31.8. The highest BCUT2D eigenvalue weighted by Crippen LogP contribution is 2.20. The van der Waals surface area contributed by atoms with Crippen molar-refractivity contribution in [2.45, 2.75) is 13.3 Å². The van der Waals surface area contributed by atoms with Crippen LogP contribution in [0.5, 0.6) is 0 Å². The second kappa shape index (κ2) is 5.89. The first kappa shape index (κ1) is 14.6. The average Bonchev–Trinajstić information content (AvgIpc) is 2.31. The highest BCUT2D eigenvalue weighted by atomic mass is 19.1. The minimum absolute atomic E-state index is 0.0300. The number of carboxylic acid groups (broad SMARTS) is 1. The van der Waals surface area contributed by atoms with Gasteiger partial charge in [-0.3, -0.25) is 19.7 Å². The number of hydrogen-bond acceptors (Lipinski definition) is 4. The second-order valence-electron chi connectivity index (χ2n) is 3.78. The number of amides is 1. The number of non-ortho nitro benzene ring substituents is 1. The van der Waals surface area contributed by atoms with E-state index in [4.69, 9.17) is 5.11 Å². The quantitative estimate of drug-likeness (QED) is 0.618. The molecule has 1 amide bonds. The molecule has 102 valence electrons. The Morgan fingerprint density at radius 1 is 1.47 bits per heavy atom. The highest BCUT2D eigenvalue weighted by molar-refractivity contribution is 5.95. The number of carbonyl (C=O) groups excluding carboxylic acids is 1. The molecule has 0 aliphatic heterocycles. The van der Waals surface area contributed by atoms with Gasteiger partial charge in [0, 0.05) is 18.7 Å². The smallest absolute Gasteiger partial charge is 0.305 e. The molecule has 0 aliphatic carbocycles. The van der Waals surface area contributed by atoms with Gasteiger partial charge in [-0.15, -0.1) is 0 Å². The van der Waals surface area contributed by atoms with Crippen LogP contribution in [-0.4, -0.2) is 28.5 Å². The molecule has 0 radical (unpaired) electrons. The number of rotatable bonds is 5. The standard InChI is InChI=1S/C11H11FN2O5/c1-6-4-7(14(18)19)5-8(10(6)12)11(17)13-3-2-9(15)16/h4-5H,2-3H2,1H3,(H,13,17)(H,15,16). The number of nitrogens with zero attached hydrogens (tertiary/aromatic N) is 1. The minimum Gasteiger partial charge on any atom is -0.481 e. The predicted molar refractivity (Wildman–Crippen MR) is 62.4 cm³/mol. The molecule has 0 aliphatic rings. The lowest BCUT2D eigenvalue weighted by atomic mass is 10.1. The van der Waals surface area contributed by atoms with Crippen molar-refractivity contribution < 1.29 is 24.0 Å². The van der Waals surface area contributed by atoms with Crippen LogP contribution in [0.2, 0.25) is 0 Å². The van der Waals surface area contributed by atoms with Crippen molar-refractivity contribution >= 4 is 17.6 Å². The van der Waals surface area contributed by atoms with Crippen LogP contribution in [0.15, 0.2) is 12.1 Å². The third kappa shape index (κ3) is 3.73. The van der Waals surface area contributed by atoms with E-state index in [1.54, 1.807) is 0 Å². The average molecular weight is 270 g/mol. The van der Waals surface area contributed by atoms with E-state index in [0.29, 0.717) is 0 Å². The fourth-order valence-corrected chi connectivity index (χ4v) is 1.40. The van der Waals surface area contributed by atoms with Crippen molar-refractivity contribution in [3.63, 3.8) is 0 Å². The van der Waals surface area contributed by atoms with E-state index in [1.165, 1.54) is 6.92 Å². The number of aliphatic carboxylic acids is 1. The van der Waals surface area contributed by atoms with Crippen molar-refractivity contribution in [3.8, 4) is 0 Å². The monoisotopic (exact) mass is 270 g/mol. The lowest BCUT2D eigenvalue weighted by Crippen LogP contribution is -2.27. The van der Waals surface area contributed by atoms with E-state index in [9.17, 15) is 24.1 Å². The first-order valence-corrected chi connectivity index (χ1v) is 5.27. The Morgan fingerprint density at radius 2 is 2.11 bits per heavy atom. The summed E-state index contributed by atoms with van der Waals surface area (Å²) in [5.41, 5.74) is -0.906. The van der Waals surface area contributed by atoms with Crippen LogP contribution < -0.4 is 5.32 Å². The fraction of sp³-hybridized carbons (Fsp3) is 0.273. The van der Waals surface area contributed by atoms with Crippen molar-refractivity contribution in [3.05, 3.63) is 39.2 Å². The van der Waals surface area contributed by atoms with Gasteiger partial charge in [-0.25, -0.2) is 4.39 Å². The summed E-state index contributed by atoms with van der Waals surface area (Å²) in [6.07, 6.45) is -0.318. The molecule has 1 rings (SSSR count). The number of aryl methyl sites for hydroxylation is 1. The van der Waals surface area contributed by atoms with Crippen LogP contribution in [-0.2, 0) is 4.79 Å². The van der Waals surface area contributed by atoms with E-state index in [-0.39, 0.29) is 18.5 Å². The van der Waals surface area contributed by atoms with E-state index in [2.05, 4.69) is 5.32 Å². The number of carbonyl (C=O) groups is 2. The van der Waals surface area contributed by atoms with Crippen LogP contribution >= 0.6 is 0 Å². The second-order valence-corrected chi connectivity index (χ2v) is 3.78. The molecule has 0 spiro atoms. The van der Waals surface area contributed by atoms with Crippen molar-refractivity contribution in [2.75, 3.05) is 6.54 Å². The van der Waals surface area contributed by atoms with Gasteiger partial charge < -0.3 is 10.4 Å². The fourth-order valence-electron chi connectivity index (χ4n) is 1.40. The number of hydrogen-bond donors (Lipinski definition) is 2. The molecule has 1 aromatic carbocycles. The van der Waals surface area contributed by atoms with Gasteiger partial charge in [0.05, 0.1) is 16.9 Å². The summed E-state index contributed by atoms with van der Waals surface area (Å²) in [5, 5.41) is 21.2. The zero-order chi connectivity index (χ0) is 14.6. The maximum atomic E-state index is 13.7. The molecule has 1 aromatic rings. The normalized spacial score (nSPS) is 10.0. The molecule has 19 heavy (non-hydrogen) atoms. The molecule has 2 N–H and O–H groups in total. The number of benzene rings is 1. The Kier molecular flexibility index (Phi) is 4.51. The van der Waals surface area contributed by atoms with Crippen molar-refractivity contribution in [1.82, 2.24) is 5.32 Å². The molecular weight excluding hydrogens is 259 g/mol. The Balaban J connectivity index is 2.95. The van der Waals surface area contributed by atoms with E-state index in [0.717, 1.165) is 12.1 Å². The predicted octanol–water partition coefficient (Wildman–Crippen LogP) is 1.25. The van der Waals surface area contributed by atoms with Gasteiger partial charge in [0.15, 0.2) is 0 Å². The maximum Gasteiger partial charge on any atom is 0.305 e.